The first-order chi connectivity index (χ1) is 13.6. The summed E-state index contributed by atoms with van der Waals surface area (Å²) in [5.41, 5.74) is 4.03. The summed E-state index contributed by atoms with van der Waals surface area (Å²) in [5, 5.41) is 12.3. The maximum atomic E-state index is 12.6. The molecule has 0 bridgehead atoms. The molecule has 7 heteroatoms. The topological polar surface area (TPSA) is 85.6 Å². The highest BCUT2D eigenvalue weighted by Gasteiger charge is 2.13. The summed E-state index contributed by atoms with van der Waals surface area (Å²) in [4.78, 5) is 21.0. The first-order valence-corrected chi connectivity index (χ1v) is 9.40. The highest BCUT2D eigenvalue weighted by molar-refractivity contribution is 6.05. The van der Waals surface area contributed by atoms with E-state index in [1.54, 1.807) is 24.8 Å². The van der Waals surface area contributed by atoms with Crippen molar-refractivity contribution in [1.82, 2.24) is 30.0 Å². The average Bonchev–Trinajstić information content (AvgIpc) is 3.11. The van der Waals surface area contributed by atoms with Crippen LogP contribution in [0.15, 0.2) is 49.1 Å². The number of aromatic nitrogens is 5. The number of carbonyl (C=O) groups is 1. The molecule has 3 heterocycles. The Morgan fingerprint density at radius 1 is 1.14 bits per heavy atom. The van der Waals surface area contributed by atoms with Crippen molar-refractivity contribution in [2.24, 2.45) is 5.92 Å². The second-order valence-corrected chi connectivity index (χ2v) is 7.26. The van der Waals surface area contributed by atoms with Crippen LogP contribution in [0.5, 0.6) is 0 Å². The molecule has 4 aromatic rings. The van der Waals surface area contributed by atoms with Crippen LogP contribution in [0.1, 0.15) is 29.8 Å². The molecule has 7 nitrogen and oxygen atoms in total. The second-order valence-electron chi connectivity index (χ2n) is 7.26. The van der Waals surface area contributed by atoms with E-state index in [-0.39, 0.29) is 5.91 Å². The van der Waals surface area contributed by atoms with Crippen LogP contribution in [0, 0.1) is 5.92 Å². The van der Waals surface area contributed by atoms with Crippen molar-refractivity contribution in [2.45, 2.75) is 26.8 Å². The van der Waals surface area contributed by atoms with Gasteiger partial charge >= 0.3 is 0 Å². The quantitative estimate of drug-likeness (QED) is 0.561. The van der Waals surface area contributed by atoms with Crippen molar-refractivity contribution < 1.29 is 4.79 Å². The summed E-state index contributed by atoms with van der Waals surface area (Å²) in [5.74, 6) is 0.371. The van der Waals surface area contributed by atoms with Crippen LogP contribution in [0.3, 0.4) is 0 Å². The summed E-state index contributed by atoms with van der Waals surface area (Å²) in [6, 6.07) is 9.41. The number of carbonyl (C=O) groups excluding carboxylic acids is 1. The van der Waals surface area contributed by atoms with Crippen LogP contribution in [0.2, 0.25) is 0 Å². The largest absolute Gasteiger partial charge is 0.352 e. The minimum Gasteiger partial charge on any atom is -0.352 e. The highest BCUT2D eigenvalue weighted by Crippen LogP contribution is 2.23. The van der Waals surface area contributed by atoms with Gasteiger partial charge in [0, 0.05) is 36.4 Å². The summed E-state index contributed by atoms with van der Waals surface area (Å²) < 4.78 is 2.09. The molecule has 0 atom stereocenters. The van der Waals surface area contributed by atoms with E-state index in [4.69, 9.17) is 0 Å². The third-order valence-corrected chi connectivity index (χ3v) is 4.60. The predicted molar refractivity (Wildman–Crippen MR) is 108 cm³/mol. The summed E-state index contributed by atoms with van der Waals surface area (Å²) in [7, 11) is 0. The van der Waals surface area contributed by atoms with Gasteiger partial charge in [0.05, 0.1) is 17.4 Å². The molecule has 142 valence electrons. The number of imidazole rings is 1. The summed E-state index contributed by atoms with van der Waals surface area (Å²) in [6.07, 6.45) is 6.07. The van der Waals surface area contributed by atoms with E-state index >= 15 is 0 Å². The van der Waals surface area contributed by atoms with Crippen molar-refractivity contribution in [2.75, 3.05) is 6.54 Å². The lowest BCUT2D eigenvalue weighted by Crippen LogP contribution is -2.25. The van der Waals surface area contributed by atoms with Gasteiger partial charge in [-0.2, -0.15) is 0 Å². The lowest BCUT2D eigenvalue weighted by atomic mass is 10.1. The molecule has 0 fully saturated rings. The number of amides is 1. The standard InChI is InChI=1S/C21H22N6O/c1-14(2)12-27-13-24-20-19(27)17-11-16(3-4-18(17)25-26-20)21(28)23-10-7-15-5-8-22-9-6-15/h3-6,8-9,11,13-14H,7,10,12H2,1-2H3,(H,23,28). The minimum absolute atomic E-state index is 0.101. The Morgan fingerprint density at radius 2 is 1.96 bits per heavy atom. The normalized spacial score (nSPS) is 11.4. The maximum Gasteiger partial charge on any atom is 0.251 e. The third kappa shape index (κ3) is 3.69. The number of benzene rings is 1. The molecule has 0 aliphatic heterocycles. The number of nitrogens with one attached hydrogen (secondary N) is 1. The first-order valence-electron chi connectivity index (χ1n) is 9.40. The van der Waals surface area contributed by atoms with Crippen LogP contribution in [0.4, 0.5) is 0 Å². The monoisotopic (exact) mass is 374 g/mol. The number of hydrogen-bond acceptors (Lipinski definition) is 5. The van der Waals surface area contributed by atoms with Crippen LogP contribution in [-0.4, -0.2) is 37.2 Å². The molecule has 1 N–H and O–H groups in total. The third-order valence-electron chi connectivity index (χ3n) is 4.60. The van der Waals surface area contributed by atoms with E-state index in [0.29, 0.717) is 23.7 Å². The van der Waals surface area contributed by atoms with Crippen molar-refractivity contribution in [3.8, 4) is 0 Å². The van der Waals surface area contributed by atoms with Gasteiger partial charge in [-0.05, 0) is 48.2 Å². The van der Waals surface area contributed by atoms with E-state index in [9.17, 15) is 4.79 Å². The van der Waals surface area contributed by atoms with E-state index in [0.717, 1.165) is 34.9 Å². The van der Waals surface area contributed by atoms with Crippen molar-refractivity contribution >= 4 is 28.0 Å². The van der Waals surface area contributed by atoms with Gasteiger partial charge in [-0.1, -0.05) is 13.8 Å². The van der Waals surface area contributed by atoms with Crippen molar-refractivity contribution in [1.29, 1.82) is 0 Å². The zero-order valence-electron chi connectivity index (χ0n) is 16.0. The lowest BCUT2D eigenvalue weighted by Gasteiger charge is -2.10. The smallest absolute Gasteiger partial charge is 0.251 e. The van der Waals surface area contributed by atoms with Crippen molar-refractivity contribution in [3.63, 3.8) is 0 Å². The molecule has 0 radical (unpaired) electrons. The van der Waals surface area contributed by atoms with Crippen LogP contribution < -0.4 is 5.32 Å². The number of hydrogen-bond donors (Lipinski definition) is 1. The number of pyridine rings is 1. The van der Waals surface area contributed by atoms with Gasteiger partial charge < -0.3 is 9.88 Å². The SMILES string of the molecule is CC(C)Cn1cnc2nnc3ccc(C(=O)NCCc4ccncc4)cc3c21. The maximum absolute atomic E-state index is 12.6. The highest BCUT2D eigenvalue weighted by atomic mass is 16.1. The lowest BCUT2D eigenvalue weighted by molar-refractivity contribution is 0.0954. The summed E-state index contributed by atoms with van der Waals surface area (Å²) in [6.45, 7) is 5.71. The Hall–Kier alpha value is -3.35. The Morgan fingerprint density at radius 3 is 2.75 bits per heavy atom. The van der Waals surface area contributed by atoms with Gasteiger partial charge in [0.15, 0.2) is 0 Å². The Kier molecular flexibility index (Phi) is 4.97. The Labute approximate surface area is 162 Å². The molecule has 4 rings (SSSR count). The molecule has 3 aromatic heterocycles. The predicted octanol–water partition coefficient (Wildman–Crippen LogP) is 3.00. The van der Waals surface area contributed by atoms with Crippen LogP contribution in [-0.2, 0) is 13.0 Å². The molecule has 1 aromatic carbocycles. The number of fused-ring (bicyclic) bond motifs is 3. The number of rotatable bonds is 6. The molecule has 0 unspecified atom stereocenters. The Balaban J connectivity index is 1.60. The molecular formula is C21H22N6O. The zero-order chi connectivity index (χ0) is 19.5. The van der Waals surface area contributed by atoms with E-state index < -0.39 is 0 Å². The molecule has 0 saturated heterocycles. The van der Waals surface area contributed by atoms with E-state index in [1.807, 2.05) is 24.3 Å². The van der Waals surface area contributed by atoms with Gasteiger partial charge in [-0.3, -0.25) is 9.78 Å². The summed E-state index contributed by atoms with van der Waals surface area (Å²) >= 11 is 0. The first kappa shape index (κ1) is 18.0. The zero-order valence-corrected chi connectivity index (χ0v) is 16.0. The van der Waals surface area contributed by atoms with Gasteiger partial charge in [-0.25, -0.2) is 4.98 Å². The fourth-order valence-electron chi connectivity index (χ4n) is 3.28. The average molecular weight is 374 g/mol. The van der Waals surface area contributed by atoms with Crippen LogP contribution >= 0.6 is 0 Å². The van der Waals surface area contributed by atoms with Gasteiger partial charge in [0.25, 0.3) is 5.91 Å². The van der Waals surface area contributed by atoms with Crippen LogP contribution in [0.25, 0.3) is 22.1 Å². The fraction of sp³-hybridized carbons (Fsp3) is 0.286. The minimum atomic E-state index is -0.101. The molecule has 28 heavy (non-hydrogen) atoms. The van der Waals surface area contributed by atoms with Crippen molar-refractivity contribution in [3.05, 3.63) is 60.2 Å². The van der Waals surface area contributed by atoms with E-state index in [2.05, 4.69) is 43.9 Å². The molecule has 0 aliphatic carbocycles. The molecule has 1 amide bonds. The second kappa shape index (κ2) is 7.72. The fourth-order valence-corrected chi connectivity index (χ4v) is 3.28. The van der Waals surface area contributed by atoms with Gasteiger partial charge in [-0.15, -0.1) is 10.2 Å². The molecule has 0 saturated carbocycles. The van der Waals surface area contributed by atoms with E-state index in [1.165, 1.54) is 0 Å². The molecular weight excluding hydrogens is 352 g/mol. The molecule has 0 aliphatic rings. The van der Waals surface area contributed by atoms with Gasteiger partial charge in [0.1, 0.15) is 0 Å². The van der Waals surface area contributed by atoms with Gasteiger partial charge in [0.2, 0.25) is 5.65 Å². The molecule has 0 spiro atoms. The Bertz CT molecular complexity index is 1120. The number of nitrogens with zero attached hydrogens (tertiary/aromatic N) is 5.